The van der Waals surface area contributed by atoms with E-state index in [0.29, 0.717) is 11.3 Å². The molecule has 42 heavy (non-hydrogen) atoms. The lowest BCUT2D eigenvalue weighted by Gasteiger charge is -2.41. The van der Waals surface area contributed by atoms with Crippen molar-refractivity contribution in [2.24, 2.45) is 0 Å². The Bertz CT molecular complexity index is 1230. The van der Waals surface area contributed by atoms with Gasteiger partial charge < -0.3 is 22.9 Å². The lowest BCUT2D eigenvalue weighted by atomic mass is 9.94. The molecule has 0 radical (unpaired) electrons. The van der Waals surface area contributed by atoms with E-state index in [1.807, 2.05) is 13.8 Å². The summed E-state index contributed by atoms with van der Waals surface area (Å²) in [6.07, 6.45) is 3.65. The maximum Gasteiger partial charge on any atom is 0.485 e. The Morgan fingerprint density at radius 1 is 1.00 bits per heavy atom. The Kier molecular flexibility index (Phi) is 13.0. The number of quaternary nitrogens is 1. The van der Waals surface area contributed by atoms with Crippen LogP contribution in [0, 0.1) is 13.8 Å². The van der Waals surface area contributed by atoms with Crippen LogP contribution < -0.4 is 9.16 Å². The van der Waals surface area contributed by atoms with Gasteiger partial charge in [-0.1, -0.05) is 55.6 Å². The molecule has 1 aliphatic rings. The molecule has 1 heterocycles. The summed E-state index contributed by atoms with van der Waals surface area (Å²) in [6, 6.07) is 0. The first-order valence-corrected chi connectivity index (χ1v) is 18.6. The minimum Gasteiger partial charge on any atom is -0.741 e. The number of esters is 1. The first-order valence-electron chi connectivity index (χ1n) is 13.2. The van der Waals surface area contributed by atoms with Crippen molar-refractivity contribution >= 4 is 59.2 Å². The predicted octanol–water partition coefficient (Wildman–Crippen LogP) is 7.40. The highest BCUT2D eigenvalue weighted by Crippen LogP contribution is 2.45. The third kappa shape index (κ3) is 10.6. The molecule has 8 nitrogen and oxygen atoms in total. The maximum atomic E-state index is 13.2. The molecular formula is C26H41Cl3F3NO7SSi. The number of benzene rings is 1. The van der Waals surface area contributed by atoms with Crippen LogP contribution in [0.3, 0.4) is 0 Å². The van der Waals surface area contributed by atoms with Gasteiger partial charge in [-0.05, 0) is 56.8 Å². The van der Waals surface area contributed by atoms with Crippen LogP contribution in [0.25, 0.3) is 0 Å². The smallest absolute Gasteiger partial charge is 0.485 e. The third-order valence-corrected chi connectivity index (χ3v) is 12.9. The van der Waals surface area contributed by atoms with Crippen LogP contribution in [0.4, 0.5) is 13.2 Å². The van der Waals surface area contributed by atoms with Gasteiger partial charge in [-0.25, -0.2) is 13.2 Å². The number of carbonyl (C=O) groups excluding carboxylic acids is 1. The predicted molar refractivity (Wildman–Crippen MR) is 160 cm³/mol. The normalized spacial score (nSPS) is 16.3. The number of methoxy groups -OCH3 is 1. The van der Waals surface area contributed by atoms with E-state index >= 15 is 0 Å². The van der Waals surface area contributed by atoms with E-state index in [2.05, 4.69) is 40.9 Å². The highest BCUT2D eigenvalue weighted by Gasteiger charge is 2.42. The summed E-state index contributed by atoms with van der Waals surface area (Å²) < 4.78 is 76.2. The highest BCUT2D eigenvalue weighted by molar-refractivity contribution is 7.86. The van der Waals surface area contributed by atoms with Crippen LogP contribution in [0.1, 0.15) is 67.1 Å². The summed E-state index contributed by atoms with van der Waals surface area (Å²) in [7, 11) is -4.42. The number of rotatable bonds is 7. The molecule has 0 aliphatic carbocycles. The molecule has 0 saturated carbocycles. The SMILES string of the molecule is COc1c(C)c(O[Si](C)(C)C(C)(C)C)c(C[N+]2(C)CCCCC2)c(C)c1C(=O)OCC(Cl)(Cl)Cl.O=S(=O)([O-])C(F)(F)F. The topological polar surface area (TPSA) is 102 Å². The second-order valence-corrected chi connectivity index (χ2v) is 20.8. The molecule has 1 aromatic rings. The van der Waals surface area contributed by atoms with Crippen molar-refractivity contribution in [3.63, 3.8) is 0 Å². The second kappa shape index (κ2) is 14.0. The van der Waals surface area contributed by atoms with Gasteiger partial charge in [0.1, 0.15) is 30.2 Å². The molecule has 1 aromatic carbocycles. The summed E-state index contributed by atoms with van der Waals surface area (Å²) in [5, 5.41) is 0.0173. The number of halogens is 6. The number of nitrogens with zero attached hydrogens (tertiary/aromatic N) is 1. The van der Waals surface area contributed by atoms with Crippen LogP contribution in [0.2, 0.25) is 18.1 Å². The highest BCUT2D eigenvalue weighted by atomic mass is 35.6. The molecule has 0 aromatic heterocycles. The molecular weight excluding hydrogens is 662 g/mol. The molecule has 0 bridgehead atoms. The van der Waals surface area contributed by atoms with E-state index in [0.717, 1.165) is 46.6 Å². The van der Waals surface area contributed by atoms with Crippen molar-refractivity contribution in [2.75, 3.05) is 33.9 Å². The fraction of sp³-hybridized carbons (Fsp3) is 0.731. The molecule has 0 amide bonds. The van der Waals surface area contributed by atoms with Crippen molar-refractivity contribution in [3.8, 4) is 11.5 Å². The van der Waals surface area contributed by atoms with Crippen molar-refractivity contribution in [2.45, 2.75) is 87.9 Å². The Morgan fingerprint density at radius 3 is 1.86 bits per heavy atom. The minimum atomic E-state index is -6.09. The molecule has 1 aliphatic heterocycles. The minimum absolute atomic E-state index is 0.0173. The van der Waals surface area contributed by atoms with Gasteiger partial charge in [0, 0.05) is 5.56 Å². The van der Waals surface area contributed by atoms with E-state index in [1.54, 1.807) is 7.11 Å². The van der Waals surface area contributed by atoms with Gasteiger partial charge >= 0.3 is 11.5 Å². The molecule has 2 rings (SSSR count). The summed E-state index contributed by atoms with van der Waals surface area (Å²) in [6.45, 7) is 17.6. The van der Waals surface area contributed by atoms with E-state index in [9.17, 15) is 18.0 Å². The number of alkyl halides is 6. The molecule has 0 atom stereocenters. The molecule has 244 valence electrons. The van der Waals surface area contributed by atoms with Crippen molar-refractivity contribution in [1.82, 2.24) is 0 Å². The standard InChI is InChI=1S/C25H41Cl3NO4Si.CHF3O3S/c1-17-19(15-29(6)13-11-10-12-14-29)21(33-34(8,9)24(3,4)5)18(2)22(31-7)20(17)23(30)32-16-25(26,27)28;2-1(3,4)8(5,6)7/h10-16H2,1-9H3;(H,5,6,7)/q+1;/p-1. The summed E-state index contributed by atoms with van der Waals surface area (Å²) in [4.78, 5) is 13.2. The molecule has 0 spiro atoms. The average molecular weight is 703 g/mol. The molecule has 1 fully saturated rings. The molecule has 1 saturated heterocycles. The fourth-order valence-electron chi connectivity index (χ4n) is 4.28. The number of ether oxygens (including phenoxy) is 2. The summed E-state index contributed by atoms with van der Waals surface area (Å²) >= 11 is 17.5. The zero-order valence-electron chi connectivity index (χ0n) is 25.4. The molecule has 0 unspecified atom stereocenters. The number of carbonyl (C=O) groups is 1. The summed E-state index contributed by atoms with van der Waals surface area (Å²) in [5.74, 6) is 0.722. The Labute approximate surface area is 263 Å². The first-order chi connectivity index (χ1) is 18.7. The van der Waals surface area contributed by atoms with Gasteiger partial charge in [0.2, 0.25) is 3.79 Å². The van der Waals surface area contributed by atoms with Gasteiger partial charge in [0.25, 0.3) is 8.32 Å². The first kappa shape index (κ1) is 39.1. The van der Waals surface area contributed by atoms with Crippen LogP contribution in [-0.2, 0) is 21.4 Å². The Hall–Kier alpha value is -0.963. The average Bonchev–Trinajstić information content (AvgIpc) is 2.80. The number of hydrogen-bond acceptors (Lipinski definition) is 7. The van der Waals surface area contributed by atoms with Gasteiger partial charge in [-0.15, -0.1) is 0 Å². The van der Waals surface area contributed by atoms with Crippen LogP contribution in [0.5, 0.6) is 11.5 Å². The van der Waals surface area contributed by atoms with Gasteiger partial charge in [-0.3, -0.25) is 0 Å². The zero-order valence-corrected chi connectivity index (χ0v) is 29.5. The summed E-state index contributed by atoms with van der Waals surface area (Å²) in [5.41, 5.74) is -2.64. The number of likely N-dealkylation sites (tertiary alicyclic amines) is 1. The van der Waals surface area contributed by atoms with Crippen molar-refractivity contribution in [3.05, 3.63) is 22.3 Å². The van der Waals surface area contributed by atoms with Crippen molar-refractivity contribution < 1.29 is 49.3 Å². The van der Waals surface area contributed by atoms with E-state index < -0.39 is 33.7 Å². The maximum absolute atomic E-state index is 13.2. The third-order valence-electron chi connectivity index (χ3n) is 7.67. The van der Waals surface area contributed by atoms with Gasteiger partial charge in [-0.2, -0.15) is 13.2 Å². The lowest BCUT2D eigenvalue weighted by molar-refractivity contribution is -0.926. The quantitative estimate of drug-likeness (QED) is 0.0729. The fourth-order valence-corrected chi connectivity index (χ4v) is 5.54. The monoisotopic (exact) mass is 701 g/mol. The Balaban J connectivity index is 0.000000962. The second-order valence-electron chi connectivity index (χ2n) is 12.2. The van der Waals surface area contributed by atoms with Gasteiger partial charge in [0.15, 0.2) is 10.1 Å². The van der Waals surface area contributed by atoms with E-state index in [4.69, 9.17) is 61.7 Å². The number of piperidine rings is 1. The van der Waals surface area contributed by atoms with Gasteiger partial charge in [0.05, 0.1) is 32.8 Å². The zero-order chi connectivity index (χ0) is 33.1. The largest absolute Gasteiger partial charge is 0.741 e. The molecule has 0 N–H and O–H groups in total. The van der Waals surface area contributed by atoms with E-state index in [-0.39, 0.29) is 11.6 Å². The van der Waals surface area contributed by atoms with Crippen molar-refractivity contribution in [1.29, 1.82) is 0 Å². The van der Waals surface area contributed by atoms with E-state index in [1.165, 1.54) is 19.3 Å². The Morgan fingerprint density at radius 2 is 1.48 bits per heavy atom. The van der Waals surface area contributed by atoms with Crippen LogP contribution in [-0.4, -0.2) is 74.9 Å². The molecule has 16 heteroatoms. The van der Waals surface area contributed by atoms with Crippen LogP contribution in [0.15, 0.2) is 0 Å². The lowest BCUT2D eigenvalue weighted by Crippen LogP contribution is -2.48. The van der Waals surface area contributed by atoms with Crippen LogP contribution >= 0.6 is 34.8 Å². The number of hydrogen-bond donors (Lipinski definition) is 0.